The van der Waals surface area contributed by atoms with Crippen LogP contribution in [0.1, 0.15) is 18.9 Å². The summed E-state index contributed by atoms with van der Waals surface area (Å²) in [5, 5.41) is 3.39. The van der Waals surface area contributed by atoms with Crippen molar-refractivity contribution in [3.8, 4) is 5.75 Å². The third-order valence-electron chi connectivity index (χ3n) is 3.35. The summed E-state index contributed by atoms with van der Waals surface area (Å²) in [5.41, 5.74) is 2.38. The molecule has 1 atom stereocenters. The van der Waals surface area contributed by atoms with E-state index >= 15 is 0 Å². The highest BCUT2D eigenvalue weighted by Gasteiger charge is 2.33. The van der Waals surface area contributed by atoms with Gasteiger partial charge >= 0.3 is 0 Å². The first kappa shape index (κ1) is 9.97. The first-order valence-corrected chi connectivity index (χ1v) is 5.89. The van der Waals surface area contributed by atoms with Gasteiger partial charge in [-0.1, -0.05) is 12.1 Å². The van der Waals surface area contributed by atoms with E-state index in [4.69, 9.17) is 9.47 Å². The number of rotatable bonds is 2. The lowest BCUT2D eigenvalue weighted by molar-refractivity contribution is 0.0670. The topological polar surface area (TPSA) is 30.5 Å². The van der Waals surface area contributed by atoms with E-state index in [0.29, 0.717) is 6.61 Å². The first-order valence-electron chi connectivity index (χ1n) is 5.89. The Morgan fingerprint density at radius 3 is 3.19 bits per heavy atom. The van der Waals surface area contributed by atoms with E-state index in [1.54, 1.807) is 0 Å². The van der Waals surface area contributed by atoms with Crippen LogP contribution in [0.15, 0.2) is 18.2 Å². The van der Waals surface area contributed by atoms with Crippen LogP contribution < -0.4 is 10.1 Å². The highest BCUT2D eigenvalue weighted by Crippen LogP contribution is 2.36. The van der Waals surface area contributed by atoms with Gasteiger partial charge < -0.3 is 14.8 Å². The maximum atomic E-state index is 6.12. The fourth-order valence-corrected chi connectivity index (χ4v) is 2.39. The number of benzene rings is 1. The monoisotopic (exact) mass is 219 g/mol. The van der Waals surface area contributed by atoms with Crippen LogP contribution in [0.2, 0.25) is 0 Å². The van der Waals surface area contributed by atoms with Crippen molar-refractivity contribution >= 4 is 5.69 Å². The van der Waals surface area contributed by atoms with Gasteiger partial charge in [0.2, 0.25) is 0 Å². The first-order chi connectivity index (χ1) is 7.77. The molecule has 1 fully saturated rings. The Labute approximate surface area is 95.8 Å². The van der Waals surface area contributed by atoms with E-state index in [0.717, 1.165) is 31.7 Å². The second-order valence-electron chi connectivity index (χ2n) is 4.82. The summed E-state index contributed by atoms with van der Waals surface area (Å²) < 4.78 is 11.5. The van der Waals surface area contributed by atoms with E-state index in [-0.39, 0.29) is 5.60 Å². The van der Waals surface area contributed by atoms with Gasteiger partial charge in [-0.3, -0.25) is 0 Å². The van der Waals surface area contributed by atoms with Gasteiger partial charge in [-0.2, -0.15) is 0 Å². The van der Waals surface area contributed by atoms with Gasteiger partial charge in [0.15, 0.2) is 0 Å². The van der Waals surface area contributed by atoms with E-state index in [1.807, 2.05) is 6.07 Å². The molecule has 0 saturated carbocycles. The minimum atomic E-state index is -0.153. The van der Waals surface area contributed by atoms with Crippen molar-refractivity contribution in [2.75, 3.05) is 25.1 Å². The predicted molar refractivity (Wildman–Crippen MR) is 63.1 cm³/mol. The van der Waals surface area contributed by atoms with Gasteiger partial charge in [-0.05, 0) is 25.0 Å². The van der Waals surface area contributed by atoms with Crippen LogP contribution in [0.4, 0.5) is 5.69 Å². The van der Waals surface area contributed by atoms with Crippen molar-refractivity contribution in [1.29, 1.82) is 0 Å². The smallest absolute Gasteiger partial charge is 0.143 e. The molecule has 2 aliphatic rings. The third kappa shape index (κ3) is 1.65. The van der Waals surface area contributed by atoms with E-state index in [2.05, 4.69) is 24.4 Å². The fourth-order valence-electron chi connectivity index (χ4n) is 2.39. The minimum Gasteiger partial charge on any atom is -0.483 e. The van der Waals surface area contributed by atoms with Crippen molar-refractivity contribution in [2.24, 2.45) is 0 Å². The SMILES string of the molecule is CC1(Oc2cccc3c2NCC3)CCOC1. The van der Waals surface area contributed by atoms with Gasteiger partial charge in [0.05, 0.1) is 18.9 Å². The average molecular weight is 219 g/mol. The molecule has 3 heteroatoms. The summed E-state index contributed by atoms with van der Waals surface area (Å²) in [6.07, 6.45) is 2.07. The summed E-state index contributed by atoms with van der Waals surface area (Å²) in [4.78, 5) is 0. The van der Waals surface area contributed by atoms with Gasteiger partial charge in [0.25, 0.3) is 0 Å². The number of hydrogen-bond donors (Lipinski definition) is 1. The number of nitrogens with one attached hydrogen (secondary N) is 1. The molecule has 1 unspecified atom stereocenters. The highest BCUT2D eigenvalue weighted by atomic mass is 16.6. The zero-order chi connectivity index (χ0) is 11.0. The van der Waals surface area contributed by atoms with Crippen LogP contribution in [0.5, 0.6) is 5.75 Å². The molecular formula is C13H17NO2. The molecule has 0 amide bonds. The van der Waals surface area contributed by atoms with Crippen LogP contribution in [-0.2, 0) is 11.2 Å². The molecule has 86 valence electrons. The van der Waals surface area contributed by atoms with Crippen LogP contribution in [0.25, 0.3) is 0 Å². The molecule has 16 heavy (non-hydrogen) atoms. The Bertz CT molecular complexity index is 397. The molecule has 0 aliphatic carbocycles. The Hall–Kier alpha value is -1.22. The van der Waals surface area contributed by atoms with Crippen molar-refractivity contribution in [1.82, 2.24) is 0 Å². The maximum Gasteiger partial charge on any atom is 0.143 e. The quantitative estimate of drug-likeness (QED) is 0.827. The van der Waals surface area contributed by atoms with Gasteiger partial charge in [0, 0.05) is 13.0 Å². The Kier molecular flexibility index (Phi) is 2.28. The fraction of sp³-hybridized carbons (Fsp3) is 0.538. The minimum absolute atomic E-state index is 0.153. The molecule has 3 rings (SSSR count). The number of hydrogen-bond acceptors (Lipinski definition) is 3. The summed E-state index contributed by atoms with van der Waals surface area (Å²) in [6.45, 7) is 4.63. The second kappa shape index (κ2) is 3.67. The Morgan fingerprint density at radius 2 is 2.38 bits per heavy atom. The molecule has 0 radical (unpaired) electrons. The van der Waals surface area contributed by atoms with Crippen LogP contribution >= 0.6 is 0 Å². The Morgan fingerprint density at radius 1 is 1.44 bits per heavy atom. The van der Waals surface area contributed by atoms with Crippen molar-refractivity contribution in [2.45, 2.75) is 25.4 Å². The summed E-state index contributed by atoms with van der Waals surface area (Å²) in [5.74, 6) is 0.975. The number of anilines is 1. The lowest BCUT2D eigenvalue weighted by atomic mass is 10.1. The largest absolute Gasteiger partial charge is 0.483 e. The zero-order valence-electron chi connectivity index (χ0n) is 9.58. The van der Waals surface area contributed by atoms with E-state index in [9.17, 15) is 0 Å². The molecule has 2 heterocycles. The lowest BCUT2D eigenvalue weighted by Crippen LogP contribution is -2.32. The molecule has 1 saturated heterocycles. The summed E-state index contributed by atoms with van der Waals surface area (Å²) >= 11 is 0. The van der Waals surface area contributed by atoms with Crippen molar-refractivity contribution in [3.63, 3.8) is 0 Å². The lowest BCUT2D eigenvalue weighted by Gasteiger charge is -2.25. The number of fused-ring (bicyclic) bond motifs is 1. The summed E-state index contributed by atoms with van der Waals surface area (Å²) in [6, 6.07) is 6.27. The number of ether oxygens (including phenoxy) is 2. The molecular weight excluding hydrogens is 202 g/mol. The van der Waals surface area contributed by atoms with Crippen molar-refractivity contribution < 1.29 is 9.47 Å². The van der Waals surface area contributed by atoms with Gasteiger partial charge in [0.1, 0.15) is 11.4 Å². The Balaban J connectivity index is 1.87. The molecule has 0 aromatic heterocycles. The molecule has 3 nitrogen and oxygen atoms in total. The highest BCUT2D eigenvalue weighted by molar-refractivity contribution is 5.65. The molecule has 1 N–H and O–H groups in total. The van der Waals surface area contributed by atoms with Crippen LogP contribution in [-0.4, -0.2) is 25.4 Å². The third-order valence-corrected chi connectivity index (χ3v) is 3.35. The second-order valence-corrected chi connectivity index (χ2v) is 4.82. The zero-order valence-corrected chi connectivity index (χ0v) is 9.58. The normalized spacial score (nSPS) is 27.6. The molecule has 2 aliphatic heterocycles. The standard InChI is InChI=1S/C13H17NO2/c1-13(6-8-15-9-13)16-11-4-2-3-10-5-7-14-12(10)11/h2-4,14H,5-9H2,1H3. The van der Waals surface area contributed by atoms with Gasteiger partial charge in [-0.15, -0.1) is 0 Å². The molecule has 0 bridgehead atoms. The maximum absolute atomic E-state index is 6.12. The van der Waals surface area contributed by atoms with E-state index in [1.165, 1.54) is 11.3 Å². The van der Waals surface area contributed by atoms with Crippen LogP contribution in [0, 0.1) is 0 Å². The van der Waals surface area contributed by atoms with E-state index < -0.39 is 0 Å². The number of para-hydroxylation sites is 1. The van der Waals surface area contributed by atoms with Crippen LogP contribution in [0.3, 0.4) is 0 Å². The molecule has 0 spiro atoms. The predicted octanol–water partition coefficient (Wildman–Crippen LogP) is 2.21. The molecule has 1 aromatic rings. The summed E-state index contributed by atoms with van der Waals surface area (Å²) in [7, 11) is 0. The molecule has 1 aromatic carbocycles. The van der Waals surface area contributed by atoms with Gasteiger partial charge in [-0.25, -0.2) is 0 Å². The van der Waals surface area contributed by atoms with Crippen molar-refractivity contribution in [3.05, 3.63) is 23.8 Å². The average Bonchev–Trinajstić information content (AvgIpc) is 2.87.